The van der Waals surface area contributed by atoms with Gasteiger partial charge in [-0.25, -0.2) is 8.42 Å². The molecule has 0 saturated carbocycles. The Hall–Kier alpha value is -2.24. The first-order chi connectivity index (χ1) is 12.6. The molecule has 2 heterocycles. The molecule has 2 aromatic heterocycles. The quantitative estimate of drug-likeness (QED) is 0.628. The van der Waals surface area contributed by atoms with Crippen LogP contribution in [0.5, 0.6) is 0 Å². The summed E-state index contributed by atoms with van der Waals surface area (Å²) in [5.41, 5.74) is 0.942. The number of halogens is 3. The van der Waals surface area contributed by atoms with Crippen LogP contribution < -0.4 is 0 Å². The van der Waals surface area contributed by atoms with Crippen molar-refractivity contribution in [1.29, 1.82) is 0 Å². The molecule has 0 bridgehead atoms. The lowest BCUT2D eigenvalue weighted by Crippen LogP contribution is -2.26. The molecule has 0 spiro atoms. The highest BCUT2D eigenvalue weighted by Crippen LogP contribution is 2.32. The molecule has 0 aliphatic heterocycles. The van der Waals surface area contributed by atoms with Gasteiger partial charge >= 0.3 is 12.1 Å². The standard InChI is InChI=1S/C16H14F3N3O3S2/c1-10-3-6-12(7-4-10)27(23,24)22(2)9-11-5-8-13(26-11)14-20-15(25-21-14)16(17,18)19/h3-8H,9H2,1-2H3. The van der Waals surface area contributed by atoms with Crippen molar-refractivity contribution in [2.75, 3.05) is 7.05 Å². The minimum Gasteiger partial charge on any atom is -0.329 e. The first-order valence-electron chi connectivity index (χ1n) is 7.60. The molecule has 3 rings (SSSR count). The fourth-order valence-electron chi connectivity index (χ4n) is 2.22. The minimum atomic E-state index is -4.71. The van der Waals surface area contributed by atoms with E-state index in [9.17, 15) is 21.6 Å². The number of sulfonamides is 1. The fraction of sp³-hybridized carbons (Fsp3) is 0.250. The Morgan fingerprint density at radius 3 is 2.41 bits per heavy atom. The number of alkyl halides is 3. The van der Waals surface area contributed by atoms with Crippen LogP contribution in [0.25, 0.3) is 10.7 Å². The van der Waals surface area contributed by atoms with Gasteiger partial charge in [0, 0.05) is 18.5 Å². The minimum absolute atomic E-state index is 0.0604. The molecular weight excluding hydrogens is 403 g/mol. The number of aromatic nitrogens is 2. The monoisotopic (exact) mass is 417 g/mol. The van der Waals surface area contributed by atoms with E-state index in [-0.39, 0.29) is 17.3 Å². The predicted molar refractivity (Wildman–Crippen MR) is 92.4 cm³/mol. The summed E-state index contributed by atoms with van der Waals surface area (Å²) < 4.78 is 68.2. The molecule has 144 valence electrons. The second kappa shape index (κ2) is 7.06. The number of hydrogen-bond acceptors (Lipinski definition) is 6. The van der Waals surface area contributed by atoms with E-state index in [1.807, 2.05) is 6.92 Å². The van der Waals surface area contributed by atoms with E-state index in [4.69, 9.17) is 0 Å². The third-order valence-electron chi connectivity index (χ3n) is 3.66. The van der Waals surface area contributed by atoms with Gasteiger partial charge in [0.15, 0.2) is 0 Å². The number of thiophene rings is 1. The smallest absolute Gasteiger partial charge is 0.329 e. The summed E-state index contributed by atoms with van der Waals surface area (Å²) in [6, 6.07) is 9.61. The van der Waals surface area contributed by atoms with Gasteiger partial charge in [-0.05, 0) is 31.2 Å². The van der Waals surface area contributed by atoms with Gasteiger partial charge in [-0.2, -0.15) is 22.5 Å². The van der Waals surface area contributed by atoms with Gasteiger partial charge in [-0.15, -0.1) is 11.3 Å². The van der Waals surface area contributed by atoms with Crippen LogP contribution >= 0.6 is 11.3 Å². The normalized spacial score (nSPS) is 12.7. The molecule has 0 unspecified atom stereocenters. The van der Waals surface area contributed by atoms with Gasteiger partial charge in [-0.1, -0.05) is 22.9 Å². The highest BCUT2D eigenvalue weighted by Gasteiger charge is 2.38. The average Bonchev–Trinajstić information content (AvgIpc) is 3.23. The van der Waals surface area contributed by atoms with Crippen molar-refractivity contribution < 1.29 is 26.1 Å². The number of benzene rings is 1. The van der Waals surface area contributed by atoms with Crippen molar-refractivity contribution in [1.82, 2.24) is 14.4 Å². The maximum absolute atomic E-state index is 12.6. The van der Waals surface area contributed by atoms with Gasteiger partial charge < -0.3 is 4.52 Å². The number of hydrogen-bond donors (Lipinski definition) is 0. The van der Waals surface area contributed by atoms with Crippen molar-refractivity contribution in [2.24, 2.45) is 0 Å². The SMILES string of the molecule is Cc1ccc(S(=O)(=O)N(C)Cc2ccc(-c3noc(C(F)(F)F)n3)s2)cc1. The van der Waals surface area contributed by atoms with Gasteiger partial charge in [0.05, 0.1) is 9.77 Å². The highest BCUT2D eigenvalue weighted by molar-refractivity contribution is 7.89. The molecule has 0 aliphatic carbocycles. The van der Waals surface area contributed by atoms with Crippen LogP contribution in [0.4, 0.5) is 13.2 Å². The third-order valence-corrected chi connectivity index (χ3v) is 6.54. The zero-order chi connectivity index (χ0) is 19.8. The summed E-state index contributed by atoms with van der Waals surface area (Å²) in [7, 11) is -2.25. The van der Waals surface area contributed by atoms with Gasteiger partial charge in [-0.3, -0.25) is 0 Å². The van der Waals surface area contributed by atoms with Crippen LogP contribution in [0.15, 0.2) is 45.8 Å². The van der Waals surface area contributed by atoms with Crippen molar-refractivity contribution in [3.8, 4) is 10.7 Å². The Balaban J connectivity index is 1.77. The van der Waals surface area contributed by atoms with E-state index < -0.39 is 22.1 Å². The fourth-order valence-corrected chi connectivity index (χ4v) is 4.43. The lowest BCUT2D eigenvalue weighted by Gasteiger charge is -2.16. The van der Waals surface area contributed by atoms with Crippen LogP contribution in [0, 0.1) is 6.92 Å². The van der Waals surface area contributed by atoms with Crippen LogP contribution in [0.2, 0.25) is 0 Å². The molecule has 3 aromatic rings. The summed E-state index contributed by atoms with van der Waals surface area (Å²) >= 11 is 1.09. The first kappa shape index (κ1) is 19.5. The Morgan fingerprint density at radius 1 is 1.15 bits per heavy atom. The molecule has 0 atom stereocenters. The number of aryl methyl sites for hydroxylation is 1. The molecule has 0 saturated heterocycles. The lowest BCUT2D eigenvalue weighted by molar-refractivity contribution is -0.159. The maximum Gasteiger partial charge on any atom is 0.471 e. The Morgan fingerprint density at radius 2 is 1.81 bits per heavy atom. The molecule has 0 N–H and O–H groups in total. The van der Waals surface area contributed by atoms with Gasteiger partial charge in [0.1, 0.15) is 0 Å². The van der Waals surface area contributed by atoms with Crippen LogP contribution in [0.3, 0.4) is 0 Å². The van der Waals surface area contributed by atoms with Gasteiger partial charge in [0.2, 0.25) is 15.8 Å². The molecule has 6 nitrogen and oxygen atoms in total. The molecule has 0 fully saturated rings. The van der Waals surface area contributed by atoms with Crippen LogP contribution in [0.1, 0.15) is 16.3 Å². The first-order valence-corrected chi connectivity index (χ1v) is 9.86. The highest BCUT2D eigenvalue weighted by atomic mass is 32.2. The van der Waals surface area contributed by atoms with E-state index in [1.54, 1.807) is 18.2 Å². The summed E-state index contributed by atoms with van der Waals surface area (Å²) in [6.45, 7) is 1.92. The molecule has 0 amide bonds. The van der Waals surface area contributed by atoms with E-state index in [2.05, 4.69) is 14.7 Å². The lowest BCUT2D eigenvalue weighted by atomic mass is 10.2. The zero-order valence-electron chi connectivity index (χ0n) is 14.2. The predicted octanol–water partition coefficient (Wildman–Crippen LogP) is 3.95. The second-order valence-electron chi connectivity index (χ2n) is 5.76. The van der Waals surface area contributed by atoms with E-state index in [1.165, 1.54) is 29.6 Å². The topological polar surface area (TPSA) is 76.3 Å². The molecule has 27 heavy (non-hydrogen) atoms. The molecule has 1 aromatic carbocycles. The second-order valence-corrected chi connectivity index (χ2v) is 8.97. The average molecular weight is 417 g/mol. The Labute approximate surface area is 157 Å². The summed E-state index contributed by atoms with van der Waals surface area (Å²) in [4.78, 5) is 4.47. The molecule has 0 radical (unpaired) electrons. The number of nitrogens with zero attached hydrogens (tertiary/aromatic N) is 3. The van der Waals surface area contributed by atoms with Crippen molar-refractivity contribution in [3.63, 3.8) is 0 Å². The van der Waals surface area contributed by atoms with Crippen molar-refractivity contribution in [3.05, 3.63) is 52.7 Å². The Bertz CT molecular complexity index is 1040. The summed E-state index contributed by atoms with van der Waals surface area (Å²) in [5, 5.41) is 3.32. The third kappa shape index (κ3) is 4.20. The van der Waals surface area contributed by atoms with Gasteiger partial charge in [0.25, 0.3) is 0 Å². The molecule has 0 aliphatic rings. The zero-order valence-corrected chi connectivity index (χ0v) is 15.8. The summed E-state index contributed by atoms with van der Waals surface area (Å²) in [5.74, 6) is -1.62. The van der Waals surface area contributed by atoms with Crippen LogP contribution in [-0.2, 0) is 22.7 Å². The maximum atomic E-state index is 12.6. The largest absolute Gasteiger partial charge is 0.471 e. The molecular formula is C16H14F3N3O3S2. The van der Waals surface area contributed by atoms with E-state index in [0.29, 0.717) is 9.75 Å². The summed E-state index contributed by atoms with van der Waals surface area (Å²) in [6.07, 6.45) is -4.71. The van der Waals surface area contributed by atoms with Crippen LogP contribution in [-0.4, -0.2) is 29.9 Å². The molecule has 11 heteroatoms. The van der Waals surface area contributed by atoms with E-state index in [0.717, 1.165) is 16.9 Å². The Kier molecular flexibility index (Phi) is 5.10. The number of rotatable bonds is 5. The van der Waals surface area contributed by atoms with Crippen molar-refractivity contribution in [2.45, 2.75) is 24.5 Å². The van der Waals surface area contributed by atoms with E-state index >= 15 is 0 Å². The van der Waals surface area contributed by atoms with Crippen molar-refractivity contribution >= 4 is 21.4 Å².